The Kier molecular flexibility index (Phi) is 6.98. The number of sulfonamides is 1. The molecule has 0 bridgehead atoms. The first-order valence-corrected chi connectivity index (χ1v) is 8.52. The molecule has 0 saturated heterocycles. The van der Waals surface area contributed by atoms with Gasteiger partial charge >= 0.3 is 0 Å². The SMILES string of the molecule is CCCN(CC)CCNS(=O)(=O)c1ccccc1NC. The van der Waals surface area contributed by atoms with Gasteiger partial charge in [-0.05, 0) is 31.6 Å². The highest BCUT2D eigenvalue weighted by Crippen LogP contribution is 2.19. The van der Waals surface area contributed by atoms with E-state index in [1.54, 1.807) is 25.2 Å². The van der Waals surface area contributed by atoms with Crippen LogP contribution in [0.2, 0.25) is 0 Å². The van der Waals surface area contributed by atoms with E-state index in [0.717, 1.165) is 26.1 Å². The fraction of sp³-hybridized carbons (Fsp3) is 0.571. The quantitative estimate of drug-likeness (QED) is 0.729. The zero-order valence-electron chi connectivity index (χ0n) is 12.5. The number of anilines is 1. The Bertz CT molecular complexity index is 503. The summed E-state index contributed by atoms with van der Waals surface area (Å²) in [6.07, 6.45) is 1.07. The standard InChI is InChI=1S/C14H25N3O2S/c1-4-11-17(5-2)12-10-16-20(18,19)14-9-7-6-8-13(14)15-3/h6-9,15-16H,4-5,10-12H2,1-3H3. The molecule has 5 nitrogen and oxygen atoms in total. The number of para-hydroxylation sites is 1. The van der Waals surface area contributed by atoms with Gasteiger partial charge in [-0.25, -0.2) is 13.1 Å². The van der Waals surface area contributed by atoms with Crippen LogP contribution < -0.4 is 10.0 Å². The van der Waals surface area contributed by atoms with Crippen LogP contribution in [-0.2, 0) is 10.0 Å². The van der Waals surface area contributed by atoms with Crippen LogP contribution in [0.1, 0.15) is 20.3 Å². The minimum Gasteiger partial charge on any atom is -0.387 e. The van der Waals surface area contributed by atoms with Gasteiger partial charge in [0.2, 0.25) is 10.0 Å². The summed E-state index contributed by atoms with van der Waals surface area (Å²) in [7, 11) is -1.74. The third kappa shape index (κ3) is 4.77. The van der Waals surface area contributed by atoms with E-state index in [-0.39, 0.29) is 0 Å². The molecule has 20 heavy (non-hydrogen) atoms. The monoisotopic (exact) mass is 299 g/mol. The summed E-state index contributed by atoms with van der Waals surface area (Å²) in [6.45, 7) is 7.28. The summed E-state index contributed by atoms with van der Waals surface area (Å²) in [5.41, 5.74) is 0.612. The second kappa shape index (κ2) is 8.24. The van der Waals surface area contributed by atoms with Crippen molar-refractivity contribution in [1.29, 1.82) is 0 Å². The number of rotatable bonds is 9. The first-order valence-electron chi connectivity index (χ1n) is 7.04. The highest BCUT2D eigenvalue weighted by molar-refractivity contribution is 7.89. The number of likely N-dealkylation sites (N-methyl/N-ethyl adjacent to an activating group) is 1. The average molecular weight is 299 g/mol. The number of hydrogen-bond acceptors (Lipinski definition) is 4. The van der Waals surface area contributed by atoms with Gasteiger partial charge in [-0.3, -0.25) is 0 Å². The van der Waals surface area contributed by atoms with E-state index >= 15 is 0 Å². The second-order valence-corrected chi connectivity index (χ2v) is 6.31. The Morgan fingerprint density at radius 2 is 1.85 bits per heavy atom. The van der Waals surface area contributed by atoms with E-state index in [0.29, 0.717) is 17.1 Å². The van der Waals surface area contributed by atoms with Gasteiger partial charge in [0.05, 0.1) is 5.69 Å². The van der Waals surface area contributed by atoms with Crippen molar-refractivity contribution < 1.29 is 8.42 Å². The Labute approximate surface area is 122 Å². The van der Waals surface area contributed by atoms with Crippen LogP contribution in [0.3, 0.4) is 0 Å². The lowest BCUT2D eigenvalue weighted by atomic mass is 10.3. The predicted molar refractivity (Wildman–Crippen MR) is 83.6 cm³/mol. The Morgan fingerprint density at radius 3 is 2.45 bits per heavy atom. The van der Waals surface area contributed by atoms with E-state index in [4.69, 9.17) is 0 Å². The smallest absolute Gasteiger partial charge is 0.242 e. The molecule has 1 rings (SSSR count). The van der Waals surface area contributed by atoms with Crippen LogP contribution in [0.4, 0.5) is 5.69 Å². The molecule has 0 aromatic heterocycles. The van der Waals surface area contributed by atoms with Crippen LogP contribution in [-0.4, -0.2) is 46.5 Å². The number of nitrogens with zero attached hydrogens (tertiary/aromatic N) is 1. The molecule has 6 heteroatoms. The molecule has 0 heterocycles. The van der Waals surface area contributed by atoms with Crippen molar-refractivity contribution in [2.45, 2.75) is 25.2 Å². The first-order chi connectivity index (χ1) is 9.55. The van der Waals surface area contributed by atoms with Crippen molar-refractivity contribution in [3.05, 3.63) is 24.3 Å². The van der Waals surface area contributed by atoms with Gasteiger partial charge in [0.25, 0.3) is 0 Å². The Morgan fingerprint density at radius 1 is 1.15 bits per heavy atom. The van der Waals surface area contributed by atoms with Crippen LogP contribution in [0.15, 0.2) is 29.2 Å². The highest BCUT2D eigenvalue weighted by atomic mass is 32.2. The van der Waals surface area contributed by atoms with Crippen LogP contribution in [0.25, 0.3) is 0 Å². The molecular weight excluding hydrogens is 274 g/mol. The van der Waals surface area contributed by atoms with E-state index in [2.05, 4.69) is 28.8 Å². The molecule has 0 spiro atoms. The van der Waals surface area contributed by atoms with Gasteiger partial charge in [0, 0.05) is 20.1 Å². The zero-order chi connectivity index (χ0) is 15.0. The Balaban J connectivity index is 2.66. The normalized spacial score (nSPS) is 11.8. The summed E-state index contributed by atoms with van der Waals surface area (Å²) in [6, 6.07) is 6.90. The number of hydrogen-bond donors (Lipinski definition) is 2. The Hall–Kier alpha value is -1.11. The van der Waals surface area contributed by atoms with Crippen molar-refractivity contribution in [3.63, 3.8) is 0 Å². The fourth-order valence-corrected chi connectivity index (χ4v) is 3.30. The molecule has 0 aliphatic rings. The molecule has 0 amide bonds. The van der Waals surface area contributed by atoms with Gasteiger partial charge in [0.15, 0.2) is 0 Å². The van der Waals surface area contributed by atoms with Crippen LogP contribution in [0.5, 0.6) is 0 Å². The molecule has 1 aromatic rings. The molecule has 0 fully saturated rings. The zero-order valence-corrected chi connectivity index (χ0v) is 13.3. The molecule has 0 atom stereocenters. The third-order valence-corrected chi connectivity index (χ3v) is 4.67. The average Bonchev–Trinajstić information content (AvgIpc) is 2.46. The molecule has 0 unspecified atom stereocenters. The molecule has 2 N–H and O–H groups in total. The summed E-state index contributed by atoms with van der Waals surface area (Å²) in [4.78, 5) is 2.52. The summed E-state index contributed by atoms with van der Waals surface area (Å²) < 4.78 is 27.2. The maximum absolute atomic E-state index is 12.3. The lowest BCUT2D eigenvalue weighted by Gasteiger charge is -2.19. The maximum atomic E-state index is 12.3. The fourth-order valence-electron chi connectivity index (χ4n) is 2.07. The molecular formula is C14H25N3O2S. The lowest BCUT2D eigenvalue weighted by molar-refractivity contribution is 0.293. The van der Waals surface area contributed by atoms with Crippen molar-refractivity contribution >= 4 is 15.7 Å². The second-order valence-electron chi connectivity index (χ2n) is 4.58. The van der Waals surface area contributed by atoms with Crippen LogP contribution in [0, 0.1) is 0 Å². The molecule has 0 saturated carbocycles. The predicted octanol–water partition coefficient (Wildman–Crippen LogP) is 1.74. The third-order valence-electron chi connectivity index (χ3n) is 3.15. The van der Waals surface area contributed by atoms with Gasteiger partial charge in [0.1, 0.15) is 4.90 Å². The van der Waals surface area contributed by atoms with Crippen LogP contribution >= 0.6 is 0 Å². The summed E-state index contributed by atoms with van der Waals surface area (Å²) in [5, 5.41) is 2.90. The van der Waals surface area contributed by atoms with Crippen molar-refractivity contribution in [2.75, 3.05) is 38.5 Å². The molecule has 0 aliphatic heterocycles. The lowest BCUT2D eigenvalue weighted by Crippen LogP contribution is -2.35. The molecule has 114 valence electrons. The van der Waals surface area contributed by atoms with Crippen molar-refractivity contribution in [3.8, 4) is 0 Å². The van der Waals surface area contributed by atoms with Crippen molar-refractivity contribution in [1.82, 2.24) is 9.62 Å². The van der Waals surface area contributed by atoms with E-state index in [9.17, 15) is 8.42 Å². The minimum atomic E-state index is -3.46. The van der Waals surface area contributed by atoms with Gasteiger partial charge in [-0.15, -0.1) is 0 Å². The number of benzene rings is 1. The topological polar surface area (TPSA) is 61.4 Å². The highest BCUT2D eigenvalue weighted by Gasteiger charge is 2.17. The van der Waals surface area contributed by atoms with E-state index in [1.165, 1.54) is 0 Å². The van der Waals surface area contributed by atoms with Gasteiger partial charge in [-0.2, -0.15) is 0 Å². The first kappa shape index (κ1) is 16.9. The van der Waals surface area contributed by atoms with E-state index < -0.39 is 10.0 Å². The summed E-state index contributed by atoms with van der Waals surface area (Å²) >= 11 is 0. The summed E-state index contributed by atoms with van der Waals surface area (Å²) in [5.74, 6) is 0. The maximum Gasteiger partial charge on any atom is 0.242 e. The van der Waals surface area contributed by atoms with E-state index in [1.807, 2.05) is 6.07 Å². The van der Waals surface area contributed by atoms with Gasteiger partial charge < -0.3 is 10.2 Å². The minimum absolute atomic E-state index is 0.293. The molecule has 1 aromatic carbocycles. The van der Waals surface area contributed by atoms with Crippen molar-refractivity contribution in [2.24, 2.45) is 0 Å². The largest absolute Gasteiger partial charge is 0.387 e. The van der Waals surface area contributed by atoms with Gasteiger partial charge in [-0.1, -0.05) is 26.0 Å². The molecule has 0 radical (unpaired) electrons. The molecule has 0 aliphatic carbocycles. The number of nitrogens with one attached hydrogen (secondary N) is 2.